The van der Waals surface area contributed by atoms with E-state index in [-0.39, 0.29) is 13.7 Å². The standard InChI is InChI=1S/C88H48B2N4S2/c1-4-21-57-50(17-1)20-15-32-70(57)92-75-48-78-79(64-27-10-14-34-77(64)95-78)80-68-46-55(45-66-61-25-8-12-31-72(61)93(86(66)68)89(83(75)80)69-41-38-52-19-3-6-23-59(52)87(69)92)53-36-35-49-37-40-56(44-54(49)43-53)91-73-42-39-51-18-2-5-22-58(51)82(73)90-84-74(91)47-67-62-26-9-13-33-76(62)96-88(67)81(84)65-29-16-28-63-60-24-7-11-30-71(60)94(90)85(63)65/h1-48H. The van der Waals surface area contributed by atoms with Crippen LogP contribution >= 0.6 is 22.7 Å². The SMILES string of the molecule is c1ccc2c(N3c4cc5sc6ccccc6c5c5c4B(c4ccc6ccccc6c43)n3c4ccccc4c4cc(-c6ccc7ccc(N8c9cc%10c(sc%11ccccc%11%10)c%10c9B(c9c8ccc8ccccc98)n8c9ccccc9c9cccc-%10c98)cc7c6)cc-5c43)cccc2c1. The molecule has 0 saturated heterocycles. The molecule has 8 heteroatoms. The first-order chi connectivity index (χ1) is 47.6. The van der Waals surface area contributed by atoms with E-state index in [9.17, 15) is 0 Å². The van der Waals surface area contributed by atoms with Gasteiger partial charge in [-0.3, -0.25) is 0 Å². The Labute approximate surface area is 558 Å². The molecule has 0 amide bonds. The molecule has 4 nitrogen and oxygen atoms in total. The summed E-state index contributed by atoms with van der Waals surface area (Å²) in [5.74, 6) is 0. The van der Waals surface area contributed by atoms with E-state index in [0.29, 0.717) is 0 Å². The average molecular weight is 1250 g/mol. The third kappa shape index (κ3) is 6.33. The lowest BCUT2D eigenvalue weighted by Gasteiger charge is -2.41. The summed E-state index contributed by atoms with van der Waals surface area (Å²) in [6.07, 6.45) is 0. The second-order valence-corrected chi connectivity index (χ2v) is 29.0. The Morgan fingerprint density at radius 2 is 0.885 bits per heavy atom. The highest BCUT2D eigenvalue weighted by molar-refractivity contribution is 7.27. The number of hydrogen-bond acceptors (Lipinski definition) is 4. The summed E-state index contributed by atoms with van der Waals surface area (Å²) < 4.78 is 10.7. The molecule has 24 rings (SSSR count). The predicted octanol–water partition coefficient (Wildman–Crippen LogP) is 21.8. The molecule has 0 fully saturated rings. The van der Waals surface area contributed by atoms with Gasteiger partial charge >= 0.3 is 13.7 Å². The van der Waals surface area contributed by atoms with Crippen LogP contribution in [-0.4, -0.2) is 22.7 Å². The summed E-state index contributed by atoms with van der Waals surface area (Å²) in [5.41, 5.74) is 25.4. The first-order valence-electron chi connectivity index (χ1n) is 33.4. The van der Waals surface area contributed by atoms with Crippen LogP contribution in [0.5, 0.6) is 0 Å². The van der Waals surface area contributed by atoms with Crippen molar-refractivity contribution in [3.05, 3.63) is 291 Å². The molecule has 0 aliphatic carbocycles. The fourth-order valence-corrected chi connectivity index (χ4v) is 21.0. The second kappa shape index (κ2) is 18.2. The van der Waals surface area contributed by atoms with Crippen LogP contribution in [0.4, 0.5) is 34.1 Å². The molecule has 0 N–H and O–H groups in total. The minimum absolute atomic E-state index is 0.0806. The molecule has 4 aliphatic rings. The van der Waals surface area contributed by atoms with Crippen molar-refractivity contribution in [1.82, 2.24) is 8.96 Å². The lowest BCUT2D eigenvalue weighted by molar-refractivity contribution is 1.27. The highest BCUT2D eigenvalue weighted by Gasteiger charge is 2.47. The monoisotopic (exact) mass is 1250 g/mol. The number of hydrogen-bond donors (Lipinski definition) is 0. The van der Waals surface area contributed by atoms with Gasteiger partial charge in [0.1, 0.15) is 0 Å². The number of anilines is 6. The molecular formula is C88H48B2N4S2. The van der Waals surface area contributed by atoms with Crippen molar-refractivity contribution in [2.24, 2.45) is 0 Å². The van der Waals surface area contributed by atoms with Gasteiger partial charge in [0, 0.05) is 134 Å². The number of fused-ring (bicyclic) bond motifs is 28. The third-order valence-corrected chi connectivity index (χ3v) is 24.6. The van der Waals surface area contributed by atoms with Gasteiger partial charge < -0.3 is 18.8 Å². The fourth-order valence-electron chi connectivity index (χ4n) is 18.6. The van der Waals surface area contributed by atoms with Crippen molar-refractivity contribution in [2.45, 2.75) is 0 Å². The highest BCUT2D eigenvalue weighted by Crippen LogP contribution is 2.55. The summed E-state index contributed by atoms with van der Waals surface area (Å²) in [7, 11) is 0. The number of para-hydroxylation sites is 3. The van der Waals surface area contributed by atoms with Gasteiger partial charge in [-0.25, -0.2) is 0 Å². The number of rotatable bonds is 3. The van der Waals surface area contributed by atoms with E-state index < -0.39 is 0 Å². The molecule has 0 atom stereocenters. The Kier molecular flexibility index (Phi) is 9.62. The second-order valence-electron chi connectivity index (χ2n) is 26.9. The van der Waals surface area contributed by atoms with Crippen molar-refractivity contribution in [3.63, 3.8) is 0 Å². The van der Waals surface area contributed by atoms with Gasteiger partial charge in [0.25, 0.3) is 0 Å². The van der Waals surface area contributed by atoms with Gasteiger partial charge in [0.2, 0.25) is 0 Å². The topological polar surface area (TPSA) is 16.3 Å². The quantitative estimate of drug-likeness (QED) is 0.164. The summed E-state index contributed by atoms with van der Waals surface area (Å²) in [5, 5.41) is 20.3. The molecule has 0 saturated carbocycles. The lowest BCUT2D eigenvalue weighted by Crippen LogP contribution is -2.57. The zero-order valence-corrected chi connectivity index (χ0v) is 53.1. The van der Waals surface area contributed by atoms with Crippen LogP contribution in [0.15, 0.2) is 291 Å². The van der Waals surface area contributed by atoms with Crippen molar-refractivity contribution < 1.29 is 0 Å². The summed E-state index contributed by atoms with van der Waals surface area (Å²) in [4.78, 5) is 5.28. The minimum atomic E-state index is -0.111. The van der Waals surface area contributed by atoms with E-state index >= 15 is 0 Å². The molecular weight excluding hydrogens is 1200 g/mol. The van der Waals surface area contributed by atoms with Crippen molar-refractivity contribution >= 4 is 219 Å². The van der Waals surface area contributed by atoms with Crippen LogP contribution in [0.3, 0.4) is 0 Å². The maximum Gasteiger partial charge on any atom is 0.333 e. The number of nitrogens with zero attached hydrogens (tertiary/aromatic N) is 4. The Morgan fingerprint density at radius 1 is 0.281 bits per heavy atom. The molecule has 96 heavy (non-hydrogen) atoms. The smallest absolute Gasteiger partial charge is 0.333 e. The van der Waals surface area contributed by atoms with Crippen LogP contribution < -0.4 is 31.7 Å². The van der Waals surface area contributed by atoms with E-state index in [1.54, 1.807) is 0 Å². The summed E-state index contributed by atoms with van der Waals surface area (Å²) in [6.45, 7) is -0.192. The molecule has 438 valence electrons. The normalized spacial score (nSPS) is 13.5. The van der Waals surface area contributed by atoms with Gasteiger partial charge in [-0.1, -0.05) is 212 Å². The van der Waals surface area contributed by atoms with Crippen molar-refractivity contribution in [2.75, 3.05) is 9.80 Å². The van der Waals surface area contributed by atoms with E-state index in [0.717, 1.165) is 5.69 Å². The predicted molar refractivity (Wildman–Crippen MR) is 415 cm³/mol. The molecule has 0 bridgehead atoms. The van der Waals surface area contributed by atoms with Crippen molar-refractivity contribution in [1.29, 1.82) is 0 Å². The van der Waals surface area contributed by atoms with Crippen LogP contribution in [0.1, 0.15) is 0 Å². The van der Waals surface area contributed by atoms with E-state index in [1.807, 2.05) is 22.7 Å². The van der Waals surface area contributed by atoms with E-state index in [2.05, 4.69) is 310 Å². The molecule has 0 spiro atoms. The van der Waals surface area contributed by atoms with Crippen LogP contribution in [-0.2, 0) is 0 Å². The Bertz CT molecular complexity index is 7020. The Hall–Kier alpha value is -11.7. The zero-order chi connectivity index (χ0) is 61.9. The van der Waals surface area contributed by atoms with Crippen LogP contribution in [0.2, 0.25) is 0 Å². The van der Waals surface area contributed by atoms with Gasteiger partial charge in [0.05, 0.1) is 11.4 Å². The van der Waals surface area contributed by atoms with Gasteiger partial charge in [-0.05, 0) is 150 Å². The minimum Gasteiger partial charge on any atom is -0.375 e. The molecule has 8 heterocycles. The molecule has 0 unspecified atom stereocenters. The first kappa shape index (κ1) is 50.8. The summed E-state index contributed by atoms with van der Waals surface area (Å²) >= 11 is 3.87. The van der Waals surface area contributed by atoms with Gasteiger partial charge in [-0.2, -0.15) is 0 Å². The van der Waals surface area contributed by atoms with Crippen molar-refractivity contribution in [3.8, 4) is 33.4 Å². The molecule has 16 aromatic carbocycles. The fraction of sp³-hybridized carbons (Fsp3) is 0. The third-order valence-electron chi connectivity index (χ3n) is 22.3. The van der Waals surface area contributed by atoms with E-state index in [1.165, 1.54) is 211 Å². The maximum atomic E-state index is 2.73. The molecule has 4 aliphatic heterocycles. The van der Waals surface area contributed by atoms with Gasteiger partial charge in [-0.15, -0.1) is 22.7 Å². The lowest BCUT2D eigenvalue weighted by atomic mass is 9.44. The zero-order valence-electron chi connectivity index (χ0n) is 51.5. The number of thiophene rings is 2. The van der Waals surface area contributed by atoms with Crippen LogP contribution in [0, 0.1) is 0 Å². The number of benzene rings is 16. The molecule has 0 radical (unpaired) electrons. The number of aromatic nitrogens is 2. The van der Waals surface area contributed by atoms with Gasteiger partial charge in [0.15, 0.2) is 0 Å². The Balaban J connectivity index is 0.770. The summed E-state index contributed by atoms with van der Waals surface area (Å²) in [6, 6.07) is 112. The Morgan fingerprint density at radius 3 is 1.72 bits per heavy atom. The molecule has 20 aromatic rings. The van der Waals surface area contributed by atoms with Crippen LogP contribution in [0.25, 0.3) is 160 Å². The molecule has 4 aromatic heterocycles. The highest BCUT2D eigenvalue weighted by atomic mass is 32.1. The largest absolute Gasteiger partial charge is 0.375 e. The average Bonchev–Trinajstić information content (AvgIpc) is 1.37. The first-order valence-corrected chi connectivity index (χ1v) is 35.0. The maximum absolute atomic E-state index is 2.73. The van der Waals surface area contributed by atoms with E-state index in [4.69, 9.17) is 0 Å².